The lowest BCUT2D eigenvalue weighted by Crippen LogP contribution is -2.69. The second kappa shape index (κ2) is 5.34. The van der Waals surface area contributed by atoms with Gasteiger partial charge in [0.1, 0.15) is 23.4 Å². The van der Waals surface area contributed by atoms with Gasteiger partial charge in [-0.05, 0) is 39.2 Å². The van der Waals surface area contributed by atoms with Gasteiger partial charge in [0.2, 0.25) is 0 Å². The number of likely N-dealkylation sites (tertiary alicyclic amines) is 1. The highest BCUT2D eigenvalue weighted by molar-refractivity contribution is 5.87. The first-order chi connectivity index (χ1) is 11.8. The topological polar surface area (TPSA) is 74.3 Å². The Balaban J connectivity index is 1.58. The Morgan fingerprint density at radius 3 is 2.92 bits per heavy atom. The van der Waals surface area contributed by atoms with Crippen molar-refractivity contribution in [1.82, 2.24) is 19.9 Å². The van der Waals surface area contributed by atoms with E-state index in [9.17, 15) is 4.79 Å². The summed E-state index contributed by atoms with van der Waals surface area (Å²) in [6.45, 7) is 10.4. The van der Waals surface area contributed by atoms with E-state index in [1.54, 1.807) is 6.33 Å². The third kappa shape index (κ3) is 2.53. The van der Waals surface area contributed by atoms with Crippen LogP contribution in [0.5, 0.6) is 0 Å². The SMILES string of the molecule is C[C@H]1CN(C(=O)OC(C)(C)C)[C@]12CCN(c1ncnc3[nH]ccc13)C2. The molecule has 0 saturated carbocycles. The molecule has 7 nitrogen and oxygen atoms in total. The van der Waals surface area contributed by atoms with Crippen LogP contribution in [-0.4, -0.2) is 56.7 Å². The van der Waals surface area contributed by atoms with Crippen LogP contribution < -0.4 is 4.90 Å². The van der Waals surface area contributed by atoms with Crippen LogP contribution >= 0.6 is 0 Å². The van der Waals surface area contributed by atoms with Crippen molar-refractivity contribution in [3.63, 3.8) is 0 Å². The van der Waals surface area contributed by atoms with Gasteiger partial charge in [-0.15, -0.1) is 0 Å². The van der Waals surface area contributed by atoms with E-state index in [0.717, 1.165) is 42.9 Å². The molecule has 4 heterocycles. The molecule has 4 rings (SSSR count). The van der Waals surface area contributed by atoms with E-state index in [1.807, 2.05) is 37.9 Å². The zero-order valence-electron chi connectivity index (χ0n) is 15.2. The minimum absolute atomic E-state index is 0.157. The quantitative estimate of drug-likeness (QED) is 0.862. The number of carbonyl (C=O) groups is 1. The fourth-order valence-electron chi connectivity index (χ4n) is 4.08. The summed E-state index contributed by atoms with van der Waals surface area (Å²) in [5.74, 6) is 1.39. The molecule has 1 N–H and O–H groups in total. The number of aromatic nitrogens is 3. The summed E-state index contributed by atoms with van der Waals surface area (Å²) in [7, 11) is 0. The fraction of sp³-hybridized carbons (Fsp3) is 0.611. The van der Waals surface area contributed by atoms with Crippen molar-refractivity contribution >= 4 is 22.9 Å². The molecular weight excluding hydrogens is 318 g/mol. The molecule has 2 saturated heterocycles. The maximum Gasteiger partial charge on any atom is 0.410 e. The number of H-pyrrole nitrogens is 1. The Hall–Kier alpha value is -2.31. The molecule has 2 aromatic rings. The normalized spacial score (nSPS) is 26.3. The summed E-state index contributed by atoms with van der Waals surface area (Å²) in [6.07, 6.45) is 4.20. The number of amides is 1. The summed E-state index contributed by atoms with van der Waals surface area (Å²) in [5, 5.41) is 1.02. The van der Waals surface area contributed by atoms with E-state index in [1.165, 1.54) is 0 Å². The predicted octanol–water partition coefficient (Wildman–Crippen LogP) is 2.79. The van der Waals surface area contributed by atoms with Crippen molar-refractivity contribution in [1.29, 1.82) is 0 Å². The minimum atomic E-state index is -0.473. The van der Waals surface area contributed by atoms with Gasteiger partial charge in [-0.25, -0.2) is 14.8 Å². The molecule has 0 aromatic carbocycles. The fourth-order valence-corrected chi connectivity index (χ4v) is 4.08. The average Bonchev–Trinajstić information content (AvgIpc) is 3.18. The molecule has 2 atom stereocenters. The second-order valence-corrected chi connectivity index (χ2v) is 8.20. The standard InChI is InChI=1S/C18H25N5O2/c1-12-9-23(16(24)25-17(2,3)4)18(12)6-8-22(10-18)15-13-5-7-19-14(13)20-11-21-15/h5,7,11-12H,6,8-10H2,1-4H3,(H,19,20,21)/t12-,18-/m0/s1. The Labute approximate surface area is 147 Å². The third-order valence-corrected chi connectivity index (χ3v) is 5.44. The molecule has 2 aliphatic heterocycles. The van der Waals surface area contributed by atoms with E-state index < -0.39 is 5.60 Å². The van der Waals surface area contributed by atoms with Crippen LogP contribution in [0, 0.1) is 5.92 Å². The Morgan fingerprint density at radius 2 is 2.20 bits per heavy atom. The van der Waals surface area contributed by atoms with E-state index in [-0.39, 0.29) is 11.6 Å². The Kier molecular flexibility index (Phi) is 3.46. The summed E-state index contributed by atoms with van der Waals surface area (Å²) in [6, 6.07) is 2.01. The third-order valence-electron chi connectivity index (χ3n) is 5.44. The molecule has 134 valence electrons. The molecule has 2 fully saturated rings. The van der Waals surface area contributed by atoms with Crippen molar-refractivity contribution < 1.29 is 9.53 Å². The molecule has 0 bridgehead atoms. The van der Waals surface area contributed by atoms with Gasteiger partial charge in [-0.1, -0.05) is 6.92 Å². The van der Waals surface area contributed by atoms with E-state index in [2.05, 4.69) is 26.8 Å². The smallest absolute Gasteiger partial charge is 0.410 e. The van der Waals surface area contributed by atoms with Crippen molar-refractivity contribution in [2.45, 2.75) is 45.3 Å². The van der Waals surface area contributed by atoms with Crippen LogP contribution in [0.3, 0.4) is 0 Å². The van der Waals surface area contributed by atoms with Gasteiger partial charge < -0.3 is 14.6 Å². The summed E-state index contributed by atoms with van der Waals surface area (Å²) in [4.78, 5) is 28.7. The first-order valence-electron chi connectivity index (χ1n) is 8.84. The number of fused-ring (bicyclic) bond motifs is 1. The molecule has 2 aromatic heterocycles. The highest BCUT2D eigenvalue weighted by Crippen LogP contribution is 2.45. The van der Waals surface area contributed by atoms with Gasteiger partial charge in [-0.3, -0.25) is 4.90 Å². The van der Waals surface area contributed by atoms with Gasteiger partial charge in [0.25, 0.3) is 0 Å². The van der Waals surface area contributed by atoms with Crippen molar-refractivity contribution in [2.24, 2.45) is 5.92 Å². The number of rotatable bonds is 1. The van der Waals surface area contributed by atoms with Gasteiger partial charge in [-0.2, -0.15) is 0 Å². The number of aromatic amines is 1. The summed E-state index contributed by atoms with van der Waals surface area (Å²) >= 11 is 0. The first-order valence-corrected chi connectivity index (χ1v) is 8.84. The summed E-state index contributed by atoms with van der Waals surface area (Å²) < 4.78 is 5.61. The van der Waals surface area contributed by atoms with Crippen LogP contribution in [0.2, 0.25) is 0 Å². The highest BCUT2D eigenvalue weighted by Gasteiger charge is 2.57. The first kappa shape index (κ1) is 16.2. The number of hydrogen-bond acceptors (Lipinski definition) is 5. The largest absolute Gasteiger partial charge is 0.444 e. The molecule has 0 radical (unpaired) electrons. The number of nitrogens with zero attached hydrogens (tertiary/aromatic N) is 4. The van der Waals surface area contributed by atoms with Crippen LogP contribution in [0.15, 0.2) is 18.6 Å². The van der Waals surface area contributed by atoms with Gasteiger partial charge in [0.15, 0.2) is 0 Å². The lowest BCUT2D eigenvalue weighted by molar-refractivity contribution is -0.0698. The predicted molar refractivity (Wildman–Crippen MR) is 95.6 cm³/mol. The maximum atomic E-state index is 12.6. The number of anilines is 1. The average molecular weight is 343 g/mol. The van der Waals surface area contributed by atoms with E-state index >= 15 is 0 Å². The zero-order valence-corrected chi connectivity index (χ0v) is 15.2. The number of nitrogens with one attached hydrogen (secondary N) is 1. The molecule has 1 spiro atoms. The lowest BCUT2D eigenvalue weighted by Gasteiger charge is -2.55. The molecular formula is C18H25N5O2. The van der Waals surface area contributed by atoms with Crippen LogP contribution in [-0.2, 0) is 4.74 Å². The Bertz CT molecular complexity index is 811. The van der Waals surface area contributed by atoms with E-state index in [0.29, 0.717) is 5.92 Å². The van der Waals surface area contributed by atoms with Crippen molar-refractivity contribution in [3.05, 3.63) is 18.6 Å². The van der Waals surface area contributed by atoms with Gasteiger partial charge in [0.05, 0.1) is 10.9 Å². The van der Waals surface area contributed by atoms with Gasteiger partial charge in [0, 0.05) is 25.8 Å². The maximum absolute atomic E-state index is 12.6. The lowest BCUT2D eigenvalue weighted by atomic mass is 9.74. The van der Waals surface area contributed by atoms with Gasteiger partial charge >= 0.3 is 6.09 Å². The zero-order chi connectivity index (χ0) is 17.8. The molecule has 2 aliphatic rings. The van der Waals surface area contributed by atoms with Crippen molar-refractivity contribution in [2.75, 3.05) is 24.5 Å². The van der Waals surface area contributed by atoms with Crippen LogP contribution in [0.1, 0.15) is 34.1 Å². The monoisotopic (exact) mass is 343 g/mol. The number of ether oxygens (including phenoxy) is 1. The minimum Gasteiger partial charge on any atom is -0.444 e. The number of carbonyl (C=O) groups excluding carboxylic acids is 1. The van der Waals surface area contributed by atoms with Crippen LogP contribution in [0.25, 0.3) is 11.0 Å². The van der Waals surface area contributed by atoms with E-state index in [4.69, 9.17) is 4.74 Å². The van der Waals surface area contributed by atoms with Crippen molar-refractivity contribution in [3.8, 4) is 0 Å². The molecule has 0 unspecified atom stereocenters. The molecule has 25 heavy (non-hydrogen) atoms. The second-order valence-electron chi connectivity index (χ2n) is 8.20. The number of hydrogen-bond donors (Lipinski definition) is 1. The molecule has 1 amide bonds. The van der Waals surface area contributed by atoms with Crippen LogP contribution in [0.4, 0.5) is 10.6 Å². The summed E-state index contributed by atoms with van der Waals surface area (Å²) in [5.41, 5.74) is 0.214. The Morgan fingerprint density at radius 1 is 1.40 bits per heavy atom. The highest BCUT2D eigenvalue weighted by atomic mass is 16.6. The molecule has 7 heteroatoms. The molecule has 0 aliphatic carbocycles.